The van der Waals surface area contributed by atoms with Gasteiger partial charge in [0.25, 0.3) is 5.69 Å². The zero-order valence-electron chi connectivity index (χ0n) is 6.65. The summed E-state index contributed by atoms with van der Waals surface area (Å²) < 4.78 is 5.68. The van der Waals surface area contributed by atoms with Gasteiger partial charge in [0.05, 0.1) is 20.5 Å². The molecule has 0 saturated heterocycles. The molecular weight excluding hydrogens is 305 g/mol. The highest BCUT2D eigenvalue weighted by Gasteiger charge is 2.14. The Morgan fingerprint density at radius 2 is 2.23 bits per heavy atom. The van der Waals surface area contributed by atoms with E-state index in [0.29, 0.717) is 14.2 Å². The van der Waals surface area contributed by atoms with Crippen LogP contribution in [0.15, 0.2) is 17.0 Å². The molecule has 0 unspecified atom stereocenters. The normalized spacial score (nSPS) is 9.77. The summed E-state index contributed by atoms with van der Waals surface area (Å²) in [5, 5.41) is 10.5. The van der Waals surface area contributed by atoms with E-state index in [-0.39, 0.29) is 5.69 Å². The summed E-state index contributed by atoms with van der Waals surface area (Å²) in [6, 6.07) is 2.96. The predicted octanol–water partition coefficient (Wildman–Crippen LogP) is 2.50. The van der Waals surface area contributed by atoms with Crippen LogP contribution in [0.3, 0.4) is 0 Å². The van der Waals surface area contributed by atoms with Gasteiger partial charge >= 0.3 is 0 Å². The van der Waals surface area contributed by atoms with Crippen molar-refractivity contribution in [1.29, 1.82) is 0 Å². The second-order valence-corrected chi connectivity index (χ2v) is 3.88. The summed E-state index contributed by atoms with van der Waals surface area (Å²) in [6.45, 7) is 0. The number of nitrogens with zero attached hydrogens (tertiary/aromatic N) is 1. The van der Waals surface area contributed by atoms with Crippen LogP contribution < -0.4 is 4.74 Å². The Morgan fingerprint density at radius 3 is 2.69 bits per heavy atom. The molecule has 0 spiro atoms. The van der Waals surface area contributed by atoms with Crippen LogP contribution in [0.4, 0.5) is 5.69 Å². The van der Waals surface area contributed by atoms with Gasteiger partial charge in [0, 0.05) is 12.1 Å². The molecule has 0 saturated carbocycles. The van der Waals surface area contributed by atoms with Gasteiger partial charge in [0.2, 0.25) is 0 Å². The minimum Gasteiger partial charge on any atom is -0.496 e. The highest BCUT2D eigenvalue weighted by molar-refractivity contribution is 14.1. The van der Waals surface area contributed by atoms with E-state index in [2.05, 4.69) is 12.6 Å². The Bertz CT molecular complexity index is 356. The molecule has 0 aromatic heterocycles. The number of methoxy groups -OCH3 is 1. The fraction of sp³-hybridized carbons (Fsp3) is 0.143. The third kappa shape index (κ3) is 2.25. The topological polar surface area (TPSA) is 52.4 Å². The fourth-order valence-electron chi connectivity index (χ4n) is 0.835. The molecule has 1 aromatic rings. The van der Waals surface area contributed by atoms with Crippen LogP contribution in [-0.2, 0) is 0 Å². The maximum atomic E-state index is 10.5. The number of thiol groups is 1. The van der Waals surface area contributed by atoms with E-state index in [9.17, 15) is 10.1 Å². The first-order chi connectivity index (χ1) is 6.06. The molecule has 0 aliphatic rings. The van der Waals surface area contributed by atoms with E-state index in [4.69, 9.17) is 4.74 Å². The first-order valence-corrected chi connectivity index (χ1v) is 4.79. The van der Waals surface area contributed by atoms with Crippen molar-refractivity contribution in [3.8, 4) is 5.75 Å². The molecule has 0 fully saturated rings. The molecule has 70 valence electrons. The predicted molar refractivity (Wildman–Crippen MR) is 59.6 cm³/mol. The molecule has 0 atom stereocenters. The number of ether oxygens (including phenoxy) is 1. The monoisotopic (exact) mass is 311 g/mol. The van der Waals surface area contributed by atoms with Crippen LogP contribution in [0.25, 0.3) is 0 Å². The number of nitro benzene ring substituents is 1. The molecule has 0 aliphatic carbocycles. The molecule has 13 heavy (non-hydrogen) atoms. The van der Waals surface area contributed by atoms with Gasteiger partial charge in [-0.15, -0.1) is 12.6 Å². The number of hydrogen-bond donors (Lipinski definition) is 1. The van der Waals surface area contributed by atoms with Crippen LogP contribution in [0.1, 0.15) is 0 Å². The lowest BCUT2D eigenvalue weighted by Crippen LogP contribution is -1.93. The molecule has 1 aromatic carbocycles. The van der Waals surface area contributed by atoms with Gasteiger partial charge in [-0.05, 0) is 22.6 Å². The van der Waals surface area contributed by atoms with Gasteiger partial charge in [-0.1, -0.05) is 0 Å². The standard InChI is InChI=1S/C7H6INO3S/c1-12-6-3-7(13)5(9(10)11)2-4(6)8/h2-3,13H,1H3. The largest absolute Gasteiger partial charge is 0.496 e. The lowest BCUT2D eigenvalue weighted by atomic mass is 10.3. The van der Waals surface area contributed by atoms with E-state index in [1.54, 1.807) is 0 Å². The smallest absolute Gasteiger partial charge is 0.283 e. The average molecular weight is 311 g/mol. The summed E-state index contributed by atoms with van der Waals surface area (Å²) in [5.74, 6) is 0.594. The number of hydrogen-bond acceptors (Lipinski definition) is 4. The second-order valence-electron chi connectivity index (χ2n) is 2.23. The van der Waals surface area contributed by atoms with Crippen molar-refractivity contribution >= 4 is 40.9 Å². The van der Waals surface area contributed by atoms with Gasteiger partial charge in [0.1, 0.15) is 5.75 Å². The van der Waals surface area contributed by atoms with E-state index in [0.717, 1.165) is 0 Å². The summed E-state index contributed by atoms with van der Waals surface area (Å²) >= 11 is 5.96. The Labute approximate surface area is 94.0 Å². The zero-order chi connectivity index (χ0) is 10.0. The second kappa shape index (κ2) is 4.14. The maximum Gasteiger partial charge on any atom is 0.283 e. The molecule has 6 heteroatoms. The number of benzene rings is 1. The lowest BCUT2D eigenvalue weighted by molar-refractivity contribution is -0.387. The number of nitro groups is 1. The van der Waals surface area contributed by atoms with Gasteiger partial charge in [0.15, 0.2) is 0 Å². The van der Waals surface area contributed by atoms with Crippen LogP contribution in [0, 0.1) is 13.7 Å². The van der Waals surface area contributed by atoms with Crippen molar-refractivity contribution in [2.75, 3.05) is 7.11 Å². The van der Waals surface area contributed by atoms with Gasteiger partial charge in [-0.2, -0.15) is 0 Å². The Hall–Kier alpha value is -0.500. The summed E-state index contributed by atoms with van der Waals surface area (Å²) in [5.41, 5.74) is -0.00599. The van der Waals surface area contributed by atoms with Gasteiger partial charge in [-0.3, -0.25) is 10.1 Å². The van der Waals surface area contributed by atoms with Crippen molar-refractivity contribution in [2.45, 2.75) is 4.90 Å². The highest BCUT2D eigenvalue weighted by Crippen LogP contribution is 2.31. The third-order valence-corrected chi connectivity index (χ3v) is 2.65. The molecule has 4 nitrogen and oxygen atoms in total. The summed E-state index contributed by atoms with van der Waals surface area (Å²) in [6.07, 6.45) is 0. The van der Waals surface area contributed by atoms with Crippen molar-refractivity contribution in [3.63, 3.8) is 0 Å². The van der Waals surface area contributed by atoms with Crippen LogP contribution in [0.2, 0.25) is 0 Å². The first-order valence-electron chi connectivity index (χ1n) is 3.27. The average Bonchev–Trinajstić information content (AvgIpc) is 2.07. The summed E-state index contributed by atoms with van der Waals surface area (Å²) in [4.78, 5) is 10.3. The summed E-state index contributed by atoms with van der Waals surface area (Å²) in [7, 11) is 1.51. The maximum absolute atomic E-state index is 10.5. The molecule has 0 heterocycles. The van der Waals surface area contributed by atoms with Crippen molar-refractivity contribution < 1.29 is 9.66 Å². The number of rotatable bonds is 2. The van der Waals surface area contributed by atoms with Crippen molar-refractivity contribution in [1.82, 2.24) is 0 Å². The van der Waals surface area contributed by atoms with E-state index < -0.39 is 4.92 Å². The Morgan fingerprint density at radius 1 is 1.62 bits per heavy atom. The fourth-order valence-corrected chi connectivity index (χ4v) is 1.77. The third-order valence-electron chi connectivity index (χ3n) is 1.45. The molecular formula is C7H6INO3S. The Balaban J connectivity index is 3.28. The molecule has 1 rings (SSSR count). The first kappa shape index (κ1) is 10.6. The number of halogens is 1. The van der Waals surface area contributed by atoms with E-state index in [1.807, 2.05) is 22.6 Å². The van der Waals surface area contributed by atoms with E-state index in [1.165, 1.54) is 19.2 Å². The van der Waals surface area contributed by atoms with Crippen LogP contribution in [-0.4, -0.2) is 12.0 Å². The molecule has 0 N–H and O–H groups in total. The zero-order valence-corrected chi connectivity index (χ0v) is 9.70. The molecule has 0 bridgehead atoms. The van der Waals surface area contributed by atoms with E-state index >= 15 is 0 Å². The SMILES string of the molecule is COc1cc(S)c([N+](=O)[O-])cc1I. The quantitative estimate of drug-likeness (QED) is 0.395. The minimum absolute atomic E-state index is 0.00599. The van der Waals surface area contributed by atoms with Gasteiger partial charge < -0.3 is 4.74 Å². The van der Waals surface area contributed by atoms with Crippen LogP contribution in [0.5, 0.6) is 5.75 Å². The Kier molecular flexibility index (Phi) is 3.37. The highest BCUT2D eigenvalue weighted by atomic mass is 127. The minimum atomic E-state index is -0.468. The van der Waals surface area contributed by atoms with Crippen LogP contribution >= 0.6 is 35.2 Å². The molecule has 0 radical (unpaired) electrons. The molecule has 0 aliphatic heterocycles. The van der Waals surface area contributed by atoms with Crippen molar-refractivity contribution in [3.05, 3.63) is 25.8 Å². The van der Waals surface area contributed by atoms with Crippen molar-refractivity contribution in [2.24, 2.45) is 0 Å². The lowest BCUT2D eigenvalue weighted by Gasteiger charge is -2.03. The van der Waals surface area contributed by atoms with Gasteiger partial charge in [-0.25, -0.2) is 0 Å². The molecule has 0 amide bonds.